The summed E-state index contributed by atoms with van der Waals surface area (Å²) in [6.45, 7) is 5.73. The molecule has 1 heterocycles. The molecule has 1 fully saturated rings. The predicted molar refractivity (Wildman–Crippen MR) is 99.4 cm³/mol. The van der Waals surface area contributed by atoms with Gasteiger partial charge in [0.25, 0.3) is 0 Å². The Morgan fingerprint density at radius 2 is 1.42 bits per heavy atom. The summed E-state index contributed by atoms with van der Waals surface area (Å²) in [6.07, 6.45) is -9.82. The highest BCUT2D eigenvalue weighted by Crippen LogP contribution is 2.37. The number of carbonyl (C=O) groups is 2. The first kappa shape index (κ1) is 24.6. The molecule has 0 unspecified atom stereocenters. The average Bonchev–Trinajstić information content (AvgIpc) is 2.59. The zero-order valence-electron chi connectivity index (χ0n) is 17.1. The number of anilines is 1. The highest BCUT2D eigenvalue weighted by Gasteiger charge is 2.37. The maximum atomic E-state index is 12.9. The predicted octanol–water partition coefficient (Wildman–Crippen LogP) is 5.25. The summed E-state index contributed by atoms with van der Waals surface area (Å²) in [6, 6.07) is -0.509. The Morgan fingerprint density at radius 3 is 1.84 bits per heavy atom. The number of alkyl halides is 6. The molecule has 174 valence electrons. The number of hydrogen-bond donors (Lipinski definition) is 2. The Labute approximate surface area is 174 Å². The van der Waals surface area contributed by atoms with Crippen molar-refractivity contribution in [1.29, 1.82) is 0 Å². The molecule has 2 rings (SSSR count). The second-order valence-corrected chi connectivity index (χ2v) is 8.13. The van der Waals surface area contributed by atoms with E-state index in [2.05, 4.69) is 5.32 Å². The molecule has 1 saturated heterocycles. The summed E-state index contributed by atoms with van der Waals surface area (Å²) in [5, 5.41) is 4.52. The molecule has 1 aromatic carbocycles. The minimum Gasteiger partial charge on any atom is -0.444 e. The molecule has 0 aromatic heterocycles. The maximum Gasteiger partial charge on any atom is 0.416 e. The van der Waals surface area contributed by atoms with Crippen molar-refractivity contribution < 1.29 is 40.7 Å². The van der Waals surface area contributed by atoms with E-state index in [1.165, 1.54) is 4.90 Å². The van der Waals surface area contributed by atoms with E-state index in [4.69, 9.17) is 4.74 Å². The van der Waals surface area contributed by atoms with E-state index in [0.717, 1.165) is 0 Å². The van der Waals surface area contributed by atoms with Gasteiger partial charge in [-0.05, 0) is 51.8 Å². The van der Waals surface area contributed by atoms with Crippen LogP contribution in [-0.4, -0.2) is 41.8 Å². The van der Waals surface area contributed by atoms with Crippen LogP contribution < -0.4 is 10.6 Å². The third-order valence-electron chi connectivity index (χ3n) is 4.33. The number of rotatable bonds is 2. The number of nitrogens with one attached hydrogen (secondary N) is 2. The number of carbonyl (C=O) groups excluding carboxylic acids is 2. The molecule has 12 heteroatoms. The van der Waals surface area contributed by atoms with Crippen LogP contribution in [0.1, 0.15) is 44.7 Å². The third kappa shape index (κ3) is 7.51. The van der Waals surface area contributed by atoms with E-state index < -0.39 is 52.9 Å². The number of hydrogen-bond acceptors (Lipinski definition) is 3. The van der Waals surface area contributed by atoms with Gasteiger partial charge in [-0.1, -0.05) is 0 Å². The van der Waals surface area contributed by atoms with Crippen molar-refractivity contribution in [2.45, 2.75) is 57.6 Å². The number of amides is 3. The van der Waals surface area contributed by atoms with Gasteiger partial charge in [0.15, 0.2) is 0 Å². The lowest BCUT2D eigenvalue weighted by atomic mass is 10.1. The Hall–Kier alpha value is -2.66. The molecule has 31 heavy (non-hydrogen) atoms. The normalized spacial score (nSPS) is 16.1. The maximum absolute atomic E-state index is 12.9. The van der Waals surface area contributed by atoms with Gasteiger partial charge in [0.1, 0.15) is 5.60 Å². The lowest BCUT2D eigenvalue weighted by molar-refractivity contribution is -0.143. The Morgan fingerprint density at radius 1 is 0.935 bits per heavy atom. The largest absolute Gasteiger partial charge is 0.444 e. The van der Waals surface area contributed by atoms with E-state index >= 15 is 0 Å². The summed E-state index contributed by atoms with van der Waals surface area (Å²) in [5.74, 6) is 0. The van der Waals surface area contributed by atoms with Gasteiger partial charge in [-0.2, -0.15) is 26.3 Å². The first-order chi connectivity index (χ1) is 14.0. The molecule has 6 nitrogen and oxygen atoms in total. The summed E-state index contributed by atoms with van der Waals surface area (Å²) in [5.41, 5.74) is -4.34. The number of urea groups is 1. The van der Waals surface area contributed by atoms with Crippen molar-refractivity contribution in [3.8, 4) is 0 Å². The molecule has 0 spiro atoms. The van der Waals surface area contributed by atoms with Crippen LogP contribution in [0.5, 0.6) is 0 Å². The molecular formula is C19H23F6N3O3. The number of benzene rings is 1. The number of likely N-dealkylation sites (tertiary alicyclic amines) is 1. The van der Waals surface area contributed by atoms with Gasteiger partial charge in [0.2, 0.25) is 0 Å². The fourth-order valence-electron chi connectivity index (χ4n) is 2.91. The monoisotopic (exact) mass is 455 g/mol. The molecule has 0 aliphatic carbocycles. The van der Waals surface area contributed by atoms with Crippen LogP contribution in [0.25, 0.3) is 0 Å². The number of nitrogens with zero attached hydrogens (tertiary/aromatic N) is 1. The van der Waals surface area contributed by atoms with Crippen molar-refractivity contribution >= 4 is 17.8 Å². The van der Waals surface area contributed by atoms with Gasteiger partial charge in [-0.15, -0.1) is 0 Å². The van der Waals surface area contributed by atoms with Crippen molar-refractivity contribution in [3.63, 3.8) is 0 Å². The molecule has 2 N–H and O–H groups in total. The van der Waals surface area contributed by atoms with Gasteiger partial charge in [0.05, 0.1) is 11.1 Å². The summed E-state index contributed by atoms with van der Waals surface area (Å²) in [7, 11) is 0. The quantitative estimate of drug-likeness (QED) is 0.599. The van der Waals surface area contributed by atoms with Crippen LogP contribution in [0.2, 0.25) is 0 Å². The number of ether oxygens (including phenoxy) is 1. The van der Waals surface area contributed by atoms with E-state index in [1.807, 2.05) is 5.32 Å². The molecule has 1 aliphatic rings. The minimum atomic E-state index is -5.01. The van der Waals surface area contributed by atoms with Gasteiger partial charge in [-0.25, -0.2) is 9.59 Å². The fraction of sp³-hybridized carbons (Fsp3) is 0.579. The zero-order chi connectivity index (χ0) is 23.6. The highest BCUT2D eigenvalue weighted by molar-refractivity contribution is 5.89. The second-order valence-electron chi connectivity index (χ2n) is 8.13. The van der Waals surface area contributed by atoms with E-state index in [9.17, 15) is 35.9 Å². The minimum absolute atomic E-state index is 0.0184. The molecule has 1 aromatic rings. The van der Waals surface area contributed by atoms with Crippen LogP contribution >= 0.6 is 0 Å². The standard InChI is InChI=1S/C19H23F6N3O3/c1-17(2,3)31-16(30)28-6-4-13(5-7-28)26-15(29)27-14-9-11(18(20,21)22)8-12(10-14)19(23,24)25/h8-10,13H,4-7H2,1-3H3,(H2,26,27,29). The SMILES string of the molecule is CC(C)(C)OC(=O)N1CCC(NC(=O)Nc2cc(C(F)(F)F)cc(C(F)(F)F)c2)CC1. The number of halogens is 6. The van der Waals surface area contributed by atoms with Gasteiger partial charge in [0, 0.05) is 24.8 Å². The van der Waals surface area contributed by atoms with Gasteiger partial charge < -0.3 is 20.3 Å². The fourth-order valence-corrected chi connectivity index (χ4v) is 2.91. The first-order valence-electron chi connectivity index (χ1n) is 9.39. The van der Waals surface area contributed by atoms with Crippen LogP contribution in [0.3, 0.4) is 0 Å². The van der Waals surface area contributed by atoms with Crippen LogP contribution in [0, 0.1) is 0 Å². The Balaban J connectivity index is 1.98. The topological polar surface area (TPSA) is 70.7 Å². The third-order valence-corrected chi connectivity index (χ3v) is 4.33. The van der Waals surface area contributed by atoms with Gasteiger partial charge in [-0.3, -0.25) is 0 Å². The molecule has 0 atom stereocenters. The molecule has 3 amide bonds. The Bertz CT molecular complexity index is 777. The zero-order valence-corrected chi connectivity index (χ0v) is 17.1. The summed E-state index contributed by atoms with van der Waals surface area (Å²) >= 11 is 0. The molecule has 0 radical (unpaired) electrons. The van der Waals surface area contributed by atoms with Crippen molar-refractivity contribution in [3.05, 3.63) is 29.3 Å². The smallest absolute Gasteiger partial charge is 0.416 e. The van der Waals surface area contributed by atoms with E-state index in [-0.39, 0.29) is 19.2 Å². The number of piperidine rings is 1. The second kappa shape index (κ2) is 8.83. The molecule has 0 bridgehead atoms. The average molecular weight is 455 g/mol. The van der Waals surface area contributed by atoms with Gasteiger partial charge >= 0.3 is 24.5 Å². The van der Waals surface area contributed by atoms with E-state index in [0.29, 0.717) is 25.0 Å². The van der Waals surface area contributed by atoms with Crippen LogP contribution in [0.4, 0.5) is 41.6 Å². The summed E-state index contributed by atoms with van der Waals surface area (Å²) < 4.78 is 82.7. The molecule has 1 aliphatic heterocycles. The van der Waals surface area contributed by atoms with Crippen molar-refractivity contribution in [2.75, 3.05) is 18.4 Å². The highest BCUT2D eigenvalue weighted by atomic mass is 19.4. The summed E-state index contributed by atoms with van der Waals surface area (Å²) in [4.78, 5) is 25.6. The van der Waals surface area contributed by atoms with Crippen LogP contribution in [0.15, 0.2) is 18.2 Å². The molecular weight excluding hydrogens is 432 g/mol. The van der Waals surface area contributed by atoms with Crippen LogP contribution in [-0.2, 0) is 17.1 Å². The first-order valence-corrected chi connectivity index (χ1v) is 9.39. The molecule has 0 saturated carbocycles. The lowest BCUT2D eigenvalue weighted by Gasteiger charge is -2.33. The van der Waals surface area contributed by atoms with Crippen molar-refractivity contribution in [1.82, 2.24) is 10.2 Å². The van der Waals surface area contributed by atoms with Crippen molar-refractivity contribution in [2.24, 2.45) is 0 Å². The lowest BCUT2D eigenvalue weighted by Crippen LogP contribution is -2.48. The Kier molecular flexibility index (Phi) is 7.01. The van der Waals surface area contributed by atoms with E-state index in [1.54, 1.807) is 20.8 Å².